The molecule has 1 aromatic heterocycles. The molecule has 0 spiro atoms. The van der Waals surface area contributed by atoms with Crippen molar-refractivity contribution in [2.45, 2.75) is 37.8 Å². The molecule has 140 valence electrons. The topological polar surface area (TPSA) is 51.1 Å². The molecule has 0 radical (unpaired) electrons. The van der Waals surface area contributed by atoms with Crippen LogP contribution in [0.15, 0.2) is 36.5 Å². The van der Waals surface area contributed by atoms with Crippen LogP contribution in [0.1, 0.15) is 25.0 Å². The van der Waals surface area contributed by atoms with Crippen molar-refractivity contribution in [2.24, 2.45) is 5.92 Å². The third-order valence-corrected chi connectivity index (χ3v) is 5.56. The maximum absolute atomic E-state index is 13.0. The summed E-state index contributed by atoms with van der Waals surface area (Å²) in [7, 11) is 0. The van der Waals surface area contributed by atoms with Crippen molar-refractivity contribution >= 4 is 0 Å². The molecule has 2 aromatic rings. The van der Waals surface area contributed by atoms with Crippen molar-refractivity contribution in [1.82, 2.24) is 20.4 Å². The van der Waals surface area contributed by atoms with Crippen LogP contribution in [0, 0.1) is 11.7 Å². The lowest BCUT2D eigenvalue weighted by Crippen LogP contribution is -2.51. The summed E-state index contributed by atoms with van der Waals surface area (Å²) < 4.78 is 20.5. The predicted molar refractivity (Wildman–Crippen MR) is 99.0 cm³/mol. The van der Waals surface area contributed by atoms with Crippen LogP contribution in [-0.4, -0.2) is 48.2 Å². The highest BCUT2D eigenvalue weighted by Gasteiger charge is 2.34. The van der Waals surface area contributed by atoms with E-state index in [1.807, 2.05) is 12.3 Å². The zero-order chi connectivity index (χ0) is 17.8. The quantitative estimate of drug-likeness (QED) is 0.832. The number of aromatic nitrogens is 2. The number of hydrogen-bond donors (Lipinski definition) is 2. The van der Waals surface area contributed by atoms with Gasteiger partial charge in [0, 0.05) is 37.8 Å². The molecule has 1 aliphatic heterocycles. The zero-order valence-corrected chi connectivity index (χ0v) is 15.0. The molecule has 26 heavy (non-hydrogen) atoms. The van der Waals surface area contributed by atoms with Gasteiger partial charge >= 0.3 is 0 Å². The van der Waals surface area contributed by atoms with E-state index >= 15 is 0 Å². The first-order chi connectivity index (χ1) is 12.8. The molecule has 5 nitrogen and oxygen atoms in total. The van der Waals surface area contributed by atoms with Gasteiger partial charge in [0.2, 0.25) is 0 Å². The summed E-state index contributed by atoms with van der Waals surface area (Å²) in [4.78, 5) is 0. The smallest absolute Gasteiger partial charge is 0.123 e. The van der Waals surface area contributed by atoms with Gasteiger partial charge in [-0.25, -0.2) is 9.07 Å². The average Bonchev–Trinajstić information content (AvgIpc) is 3.33. The number of benzene rings is 1. The third-order valence-electron chi connectivity index (χ3n) is 5.56. The molecule has 1 saturated heterocycles. The Morgan fingerprint density at radius 3 is 2.92 bits per heavy atom. The molecular formula is C20H27FN4O. The Morgan fingerprint density at radius 1 is 1.23 bits per heavy atom. The predicted octanol–water partition coefficient (Wildman–Crippen LogP) is 2.30. The van der Waals surface area contributed by atoms with Crippen LogP contribution in [0.5, 0.6) is 0 Å². The number of nitrogens with one attached hydrogen (secondary N) is 2. The molecule has 2 N–H and O–H groups in total. The van der Waals surface area contributed by atoms with Crippen LogP contribution in [-0.2, 0) is 11.2 Å². The van der Waals surface area contributed by atoms with Crippen LogP contribution in [0.4, 0.5) is 4.39 Å². The van der Waals surface area contributed by atoms with Crippen molar-refractivity contribution in [1.29, 1.82) is 0 Å². The minimum absolute atomic E-state index is 0.227. The zero-order valence-electron chi connectivity index (χ0n) is 15.0. The molecule has 1 aromatic carbocycles. The Hall–Kier alpha value is -1.76. The van der Waals surface area contributed by atoms with Gasteiger partial charge in [-0.15, -0.1) is 0 Å². The number of nitrogens with zero attached hydrogens (tertiary/aromatic N) is 2. The van der Waals surface area contributed by atoms with Gasteiger partial charge in [-0.3, -0.25) is 0 Å². The summed E-state index contributed by atoms with van der Waals surface area (Å²) >= 11 is 0. The Labute approximate surface area is 153 Å². The van der Waals surface area contributed by atoms with Gasteiger partial charge in [0.1, 0.15) is 5.82 Å². The average molecular weight is 358 g/mol. The van der Waals surface area contributed by atoms with Gasteiger partial charge in [-0.1, -0.05) is 6.42 Å². The van der Waals surface area contributed by atoms with Crippen molar-refractivity contribution in [3.63, 3.8) is 0 Å². The maximum atomic E-state index is 13.0. The fourth-order valence-corrected chi connectivity index (χ4v) is 4.20. The van der Waals surface area contributed by atoms with Crippen LogP contribution in [0.3, 0.4) is 0 Å². The second-order valence-corrected chi connectivity index (χ2v) is 7.27. The van der Waals surface area contributed by atoms with Crippen molar-refractivity contribution in [2.75, 3.05) is 26.3 Å². The van der Waals surface area contributed by atoms with Gasteiger partial charge in [0.25, 0.3) is 0 Å². The lowest BCUT2D eigenvalue weighted by Gasteiger charge is -2.33. The van der Waals surface area contributed by atoms with Crippen LogP contribution in [0.25, 0.3) is 5.69 Å². The minimum atomic E-state index is -0.227. The third kappa shape index (κ3) is 4.14. The lowest BCUT2D eigenvalue weighted by molar-refractivity contribution is 0.0526. The molecule has 0 amide bonds. The summed E-state index contributed by atoms with van der Waals surface area (Å²) in [5, 5.41) is 12.0. The van der Waals surface area contributed by atoms with E-state index in [1.54, 1.807) is 16.8 Å². The molecule has 0 bridgehead atoms. The van der Waals surface area contributed by atoms with E-state index in [1.165, 1.54) is 31.4 Å². The van der Waals surface area contributed by atoms with Gasteiger partial charge in [-0.05, 0) is 49.1 Å². The number of hydrogen-bond acceptors (Lipinski definition) is 4. The van der Waals surface area contributed by atoms with E-state index in [2.05, 4.69) is 15.7 Å². The Balaban J connectivity index is 1.28. The largest absolute Gasteiger partial charge is 0.379 e. The summed E-state index contributed by atoms with van der Waals surface area (Å²) in [5.41, 5.74) is 1.93. The summed E-state index contributed by atoms with van der Waals surface area (Å²) in [6, 6.07) is 9.49. The molecule has 2 aliphatic rings. The second-order valence-electron chi connectivity index (χ2n) is 7.27. The summed E-state index contributed by atoms with van der Waals surface area (Å²) in [5.74, 6) is 0.432. The number of halogens is 1. The van der Waals surface area contributed by atoms with E-state index in [4.69, 9.17) is 4.74 Å². The van der Waals surface area contributed by atoms with Crippen molar-refractivity contribution < 1.29 is 9.13 Å². The molecule has 2 heterocycles. The fourth-order valence-electron chi connectivity index (χ4n) is 4.20. The fraction of sp³-hybridized carbons (Fsp3) is 0.550. The van der Waals surface area contributed by atoms with Gasteiger partial charge < -0.3 is 15.4 Å². The minimum Gasteiger partial charge on any atom is -0.379 e. The van der Waals surface area contributed by atoms with E-state index in [9.17, 15) is 4.39 Å². The summed E-state index contributed by atoms with van der Waals surface area (Å²) in [6.07, 6.45) is 6.64. The van der Waals surface area contributed by atoms with E-state index in [0.717, 1.165) is 44.1 Å². The van der Waals surface area contributed by atoms with E-state index < -0.39 is 0 Å². The van der Waals surface area contributed by atoms with Crippen LogP contribution < -0.4 is 10.6 Å². The Kier molecular flexibility index (Phi) is 5.62. The highest BCUT2D eigenvalue weighted by molar-refractivity contribution is 5.31. The second kappa shape index (κ2) is 8.29. The molecule has 4 rings (SSSR count). The first-order valence-corrected chi connectivity index (χ1v) is 9.64. The summed E-state index contributed by atoms with van der Waals surface area (Å²) in [6.45, 7) is 3.56. The first kappa shape index (κ1) is 17.6. The molecule has 3 unspecified atom stereocenters. The normalized spacial score (nSPS) is 26.3. The Morgan fingerprint density at radius 2 is 2.12 bits per heavy atom. The lowest BCUT2D eigenvalue weighted by atomic mass is 9.94. The number of morpholine rings is 1. The number of ether oxygens (including phenoxy) is 1. The highest BCUT2D eigenvalue weighted by atomic mass is 19.1. The monoisotopic (exact) mass is 358 g/mol. The van der Waals surface area contributed by atoms with Gasteiger partial charge in [0.15, 0.2) is 0 Å². The standard InChI is InChI=1S/C20H27FN4O/c21-15-4-6-17(7-5-15)25-12-9-16(24-25)8-10-22-19-3-1-2-18(19)20-14-26-13-11-23-20/h4-7,9,12,18-20,22-23H,1-3,8,10-11,13-14H2. The molecule has 1 aliphatic carbocycles. The molecular weight excluding hydrogens is 331 g/mol. The number of rotatable bonds is 6. The molecule has 3 atom stereocenters. The van der Waals surface area contributed by atoms with E-state index in [-0.39, 0.29) is 5.82 Å². The van der Waals surface area contributed by atoms with Crippen molar-refractivity contribution in [3.8, 4) is 5.69 Å². The van der Waals surface area contributed by atoms with Crippen molar-refractivity contribution in [3.05, 3.63) is 48.0 Å². The van der Waals surface area contributed by atoms with Crippen LogP contribution in [0.2, 0.25) is 0 Å². The van der Waals surface area contributed by atoms with Gasteiger partial charge in [-0.2, -0.15) is 5.10 Å². The Bertz CT molecular complexity index is 696. The van der Waals surface area contributed by atoms with Gasteiger partial charge in [0.05, 0.1) is 24.6 Å². The first-order valence-electron chi connectivity index (χ1n) is 9.64. The molecule has 2 fully saturated rings. The highest BCUT2D eigenvalue weighted by Crippen LogP contribution is 2.29. The SMILES string of the molecule is Fc1ccc(-n2ccc(CCNC3CCCC3C3COCCN3)n2)cc1. The van der Waals surface area contributed by atoms with E-state index in [0.29, 0.717) is 18.0 Å². The van der Waals surface area contributed by atoms with Crippen LogP contribution >= 0.6 is 0 Å². The molecule has 1 saturated carbocycles. The molecule has 6 heteroatoms. The maximum Gasteiger partial charge on any atom is 0.123 e.